The highest BCUT2D eigenvalue weighted by atomic mass is 79.9. The molecular formula is C10H8BrN. The van der Waals surface area contributed by atoms with Crippen LogP contribution in [0.25, 0.3) is 0 Å². The predicted molar refractivity (Wildman–Crippen MR) is 54.7 cm³/mol. The van der Waals surface area contributed by atoms with Crippen molar-refractivity contribution in [1.29, 1.82) is 0 Å². The van der Waals surface area contributed by atoms with E-state index in [-0.39, 0.29) is 0 Å². The molecule has 12 heavy (non-hydrogen) atoms. The Labute approximate surface area is 80.0 Å². The number of aliphatic imine (C=N–C) groups is 1. The molecule has 0 aromatic heterocycles. The average Bonchev–Trinajstić information content (AvgIpc) is 2.56. The summed E-state index contributed by atoms with van der Waals surface area (Å²) in [6.07, 6.45) is 4.12. The molecule has 1 aromatic rings. The second-order valence-electron chi connectivity index (χ2n) is 2.64. The zero-order valence-corrected chi connectivity index (χ0v) is 8.08. The molecular weight excluding hydrogens is 214 g/mol. The Hall–Kier alpha value is -0.890. The lowest BCUT2D eigenvalue weighted by Crippen LogP contribution is -1.92. The van der Waals surface area contributed by atoms with Crippen molar-refractivity contribution < 1.29 is 0 Å². The van der Waals surface area contributed by atoms with Gasteiger partial charge in [-0.25, -0.2) is 0 Å². The molecule has 1 aliphatic heterocycles. The van der Waals surface area contributed by atoms with Gasteiger partial charge >= 0.3 is 0 Å². The van der Waals surface area contributed by atoms with Crippen molar-refractivity contribution in [3.8, 4) is 0 Å². The van der Waals surface area contributed by atoms with Crippen LogP contribution in [0.4, 0.5) is 0 Å². The zero-order valence-electron chi connectivity index (χ0n) is 6.50. The van der Waals surface area contributed by atoms with Crippen LogP contribution in [0.2, 0.25) is 0 Å². The van der Waals surface area contributed by atoms with Gasteiger partial charge in [0, 0.05) is 10.0 Å². The lowest BCUT2D eigenvalue weighted by molar-refractivity contribution is 1.28. The van der Waals surface area contributed by atoms with E-state index in [0.29, 0.717) is 0 Å². The van der Waals surface area contributed by atoms with Gasteiger partial charge in [0.15, 0.2) is 0 Å². The summed E-state index contributed by atoms with van der Waals surface area (Å²) in [5.74, 6) is 0. The minimum atomic E-state index is 0.821. The molecule has 0 spiro atoms. The summed E-state index contributed by atoms with van der Waals surface area (Å²) >= 11 is 3.43. The molecule has 0 aliphatic carbocycles. The fourth-order valence-corrected chi connectivity index (χ4v) is 1.60. The highest BCUT2D eigenvalue weighted by Crippen LogP contribution is 2.14. The van der Waals surface area contributed by atoms with Crippen molar-refractivity contribution in [1.82, 2.24) is 0 Å². The lowest BCUT2D eigenvalue weighted by Gasteiger charge is -1.98. The molecule has 60 valence electrons. The van der Waals surface area contributed by atoms with Gasteiger partial charge in [-0.05, 0) is 18.2 Å². The largest absolute Gasteiger partial charge is 0.281 e. The Kier molecular flexibility index (Phi) is 2.09. The molecule has 0 saturated heterocycles. The molecule has 0 atom stereocenters. The SMILES string of the molecule is Brc1cccc(C2=NCC=C2)c1. The van der Waals surface area contributed by atoms with Crippen molar-refractivity contribution in [3.63, 3.8) is 0 Å². The number of halogens is 1. The van der Waals surface area contributed by atoms with Gasteiger partial charge in [0.2, 0.25) is 0 Å². The van der Waals surface area contributed by atoms with E-state index in [9.17, 15) is 0 Å². The van der Waals surface area contributed by atoms with Gasteiger partial charge in [0.25, 0.3) is 0 Å². The maximum Gasteiger partial charge on any atom is 0.0648 e. The fourth-order valence-electron chi connectivity index (χ4n) is 1.20. The fraction of sp³-hybridized carbons (Fsp3) is 0.100. The van der Waals surface area contributed by atoms with Crippen LogP contribution >= 0.6 is 15.9 Å². The topological polar surface area (TPSA) is 12.4 Å². The van der Waals surface area contributed by atoms with E-state index in [0.717, 1.165) is 16.7 Å². The molecule has 0 amide bonds. The van der Waals surface area contributed by atoms with Crippen molar-refractivity contribution in [3.05, 3.63) is 46.5 Å². The van der Waals surface area contributed by atoms with Gasteiger partial charge in [-0.1, -0.05) is 34.1 Å². The van der Waals surface area contributed by atoms with E-state index in [1.807, 2.05) is 12.1 Å². The lowest BCUT2D eigenvalue weighted by atomic mass is 10.1. The Morgan fingerprint density at radius 2 is 2.25 bits per heavy atom. The van der Waals surface area contributed by atoms with E-state index >= 15 is 0 Å². The van der Waals surface area contributed by atoms with E-state index in [1.54, 1.807) is 0 Å². The van der Waals surface area contributed by atoms with Gasteiger partial charge in [0.05, 0.1) is 12.3 Å². The summed E-state index contributed by atoms with van der Waals surface area (Å²) in [5.41, 5.74) is 2.26. The molecule has 0 bridgehead atoms. The van der Waals surface area contributed by atoms with Gasteiger partial charge in [-0.15, -0.1) is 0 Å². The molecule has 1 aliphatic rings. The van der Waals surface area contributed by atoms with Crippen LogP contribution in [0.15, 0.2) is 45.9 Å². The summed E-state index contributed by atoms with van der Waals surface area (Å²) in [5, 5.41) is 0. The van der Waals surface area contributed by atoms with Crippen LogP contribution in [0.1, 0.15) is 5.56 Å². The normalized spacial score (nSPS) is 14.9. The quantitative estimate of drug-likeness (QED) is 0.692. The van der Waals surface area contributed by atoms with E-state index in [2.05, 4.69) is 45.2 Å². The third-order valence-electron chi connectivity index (χ3n) is 1.76. The Morgan fingerprint density at radius 3 is 2.92 bits per heavy atom. The molecule has 0 saturated carbocycles. The second kappa shape index (κ2) is 3.23. The monoisotopic (exact) mass is 221 g/mol. The summed E-state index contributed by atoms with van der Waals surface area (Å²) in [4.78, 5) is 4.33. The first-order valence-electron chi connectivity index (χ1n) is 3.83. The number of rotatable bonds is 1. The van der Waals surface area contributed by atoms with Crippen LogP contribution in [0.3, 0.4) is 0 Å². The van der Waals surface area contributed by atoms with Crippen molar-refractivity contribution in [2.75, 3.05) is 6.54 Å². The number of hydrogen-bond donors (Lipinski definition) is 0. The molecule has 1 aromatic carbocycles. The molecule has 0 N–H and O–H groups in total. The molecule has 2 rings (SSSR count). The average molecular weight is 222 g/mol. The van der Waals surface area contributed by atoms with Gasteiger partial charge in [-0.3, -0.25) is 4.99 Å². The molecule has 0 unspecified atom stereocenters. The number of hydrogen-bond acceptors (Lipinski definition) is 1. The summed E-state index contributed by atoms with van der Waals surface area (Å²) in [6.45, 7) is 0.821. The minimum Gasteiger partial charge on any atom is -0.281 e. The number of benzene rings is 1. The first kappa shape index (κ1) is 7.74. The number of nitrogens with zero attached hydrogens (tertiary/aromatic N) is 1. The standard InChI is InChI=1S/C10H8BrN/c11-9-4-1-3-8(7-9)10-5-2-6-12-10/h1-5,7H,6H2. The summed E-state index contributed by atoms with van der Waals surface area (Å²) < 4.78 is 1.10. The summed E-state index contributed by atoms with van der Waals surface area (Å²) in [7, 11) is 0. The van der Waals surface area contributed by atoms with Crippen molar-refractivity contribution >= 4 is 21.6 Å². The van der Waals surface area contributed by atoms with Gasteiger partial charge < -0.3 is 0 Å². The maximum absolute atomic E-state index is 4.33. The van der Waals surface area contributed by atoms with E-state index in [4.69, 9.17) is 0 Å². The van der Waals surface area contributed by atoms with Gasteiger partial charge in [0.1, 0.15) is 0 Å². The molecule has 1 heterocycles. The Morgan fingerprint density at radius 1 is 1.33 bits per heavy atom. The van der Waals surface area contributed by atoms with E-state index < -0.39 is 0 Å². The summed E-state index contributed by atoms with van der Waals surface area (Å²) in [6, 6.07) is 8.19. The first-order chi connectivity index (χ1) is 5.86. The molecule has 0 radical (unpaired) electrons. The Bertz CT molecular complexity index is 353. The Balaban J connectivity index is 2.40. The minimum absolute atomic E-state index is 0.821. The third kappa shape index (κ3) is 1.48. The van der Waals surface area contributed by atoms with Crippen molar-refractivity contribution in [2.24, 2.45) is 4.99 Å². The predicted octanol–water partition coefficient (Wildman–Crippen LogP) is 2.81. The molecule has 0 fully saturated rings. The van der Waals surface area contributed by atoms with E-state index in [1.165, 1.54) is 5.56 Å². The van der Waals surface area contributed by atoms with Gasteiger partial charge in [-0.2, -0.15) is 0 Å². The van der Waals surface area contributed by atoms with Crippen LogP contribution in [-0.2, 0) is 0 Å². The van der Waals surface area contributed by atoms with Crippen molar-refractivity contribution in [2.45, 2.75) is 0 Å². The number of allylic oxidation sites excluding steroid dienone is 1. The third-order valence-corrected chi connectivity index (χ3v) is 2.26. The second-order valence-corrected chi connectivity index (χ2v) is 3.55. The smallest absolute Gasteiger partial charge is 0.0648 e. The zero-order chi connectivity index (χ0) is 8.39. The molecule has 1 nitrogen and oxygen atoms in total. The highest BCUT2D eigenvalue weighted by molar-refractivity contribution is 9.10. The first-order valence-corrected chi connectivity index (χ1v) is 4.62. The van der Waals surface area contributed by atoms with Crippen LogP contribution in [0, 0.1) is 0 Å². The van der Waals surface area contributed by atoms with Crippen LogP contribution in [-0.4, -0.2) is 12.3 Å². The maximum atomic E-state index is 4.33. The molecule has 2 heteroatoms. The van der Waals surface area contributed by atoms with Crippen LogP contribution < -0.4 is 0 Å². The highest BCUT2D eigenvalue weighted by Gasteiger charge is 2.02. The van der Waals surface area contributed by atoms with Crippen LogP contribution in [0.5, 0.6) is 0 Å².